The summed E-state index contributed by atoms with van der Waals surface area (Å²) in [4.78, 5) is 6.98. The second-order valence-electron chi connectivity index (χ2n) is 2.18. The minimum absolute atomic E-state index is 1.14. The Kier molecular flexibility index (Phi) is 6.79. The molecule has 0 aromatic carbocycles. The monoisotopic (exact) mass is 154 g/mol. The van der Waals surface area contributed by atoms with E-state index in [4.69, 9.17) is 0 Å². The zero-order valence-corrected chi connectivity index (χ0v) is 7.72. The Balaban J connectivity index is 0.000000461. The van der Waals surface area contributed by atoms with E-state index in [2.05, 4.69) is 16.9 Å². The molecule has 64 valence electrons. The number of nitrogens with zero attached hydrogens (tertiary/aromatic N) is 1. The first-order valence-electron chi connectivity index (χ1n) is 4.40. The molecule has 0 spiro atoms. The molecule has 11 heavy (non-hydrogen) atoms. The van der Waals surface area contributed by atoms with Crippen molar-refractivity contribution in [3.63, 3.8) is 0 Å². The highest BCUT2D eigenvalue weighted by Crippen LogP contribution is 1.98. The van der Waals surface area contributed by atoms with Crippen LogP contribution in [0.15, 0.2) is 12.5 Å². The van der Waals surface area contributed by atoms with Crippen LogP contribution in [0.4, 0.5) is 0 Å². The quantitative estimate of drug-likeness (QED) is 0.712. The smallest absolute Gasteiger partial charge is 0.0921 e. The van der Waals surface area contributed by atoms with E-state index >= 15 is 0 Å². The van der Waals surface area contributed by atoms with Crippen LogP contribution in [-0.4, -0.2) is 9.97 Å². The Labute approximate surface area is 69.1 Å². The zero-order valence-electron chi connectivity index (χ0n) is 7.72. The molecule has 0 amide bonds. The number of aryl methyl sites for hydroxylation is 1. The van der Waals surface area contributed by atoms with Gasteiger partial charge < -0.3 is 4.98 Å². The van der Waals surface area contributed by atoms with Gasteiger partial charge in [-0.15, -0.1) is 0 Å². The third-order valence-corrected chi connectivity index (χ3v) is 1.35. The molecule has 0 fully saturated rings. The Morgan fingerprint density at radius 2 is 2.18 bits per heavy atom. The second kappa shape index (κ2) is 7.32. The van der Waals surface area contributed by atoms with Crippen molar-refractivity contribution in [1.82, 2.24) is 9.97 Å². The van der Waals surface area contributed by atoms with E-state index in [-0.39, 0.29) is 0 Å². The maximum absolute atomic E-state index is 3.92. The van der Waals surface area contributed by atoms with Crippen LogP contribution in [0.5, 0.6) is 0 Å². The summed E-state index contributed by atoms with van der Waals surface area (Å²) in [5.41, 5.74) is 1.25. The zero-order chi connectivity index (χ0) is 8.53. The standard InChI is InChI=1S/C7H12N2.C2H6/c1-2-3-4-7-5-8-6-9-7;1-2/h5-6H,2-4H2,1H3,(H,8,9);1-2H3. The highest BCUT2D eigenvalue weighted by atomic mass is 14.9. The van der Waals surface area contributed by atoms with Crippen LogP contribution in [-0.2, 0) is 6.42 Å². The predicted molar refractivity (Wildman–Crippen MR) is 48.5 cm³/mol. The first kappa shape index (κ1) is 10.2. The van der Waals surface area contributed by atoms with Crippen molar-refractivity contribution in [1.29, 1.82) is 0 Å². The van der Waals surface area contributed by atoms with Gasteiger partial charge in [0.1, 0.15) is 0 Å². The Morgan fingerprint density at radius 3 is 2.64 bits per heavy atom. The molecule has 1 heterocycles. The molecule has 0 radical (unpaired) electrons. The fraction of sp³-hybridized carbons (Fsp3) is 0.667. The molecule has 1 N–H and O–H groups in total. The Bertz CT molecular complexity index is 145. The van der Waals surface area contributed by atoms with Crippen molar-refractivity contribution in [3.8, 4) is 0 Å². The molecule has 0 aliphatic rings. The van der Waals surface area contributed by atoms with Crippen LogP contribution in [0.2, 0.25) is 0 Å². The lowest BCUT2D eigenvalue weighted by Gasteiger charge is -1.90. The summed E-state index contributed by atoms with van der Waals surface area (Å²) in [6.07, 6.45) is 7.25. The van der Waals surface area contributed by atoms with Gasteiger partial charge >= 0.3 is 0 Å². The average Bonchev–Trinajstić information content (AvgIpc) is 2.57. The van der Waals surface area contributed by atoms with Crippen molar-refractivity contribution in [2.45, 2.75) is 40.0 Å². The van der Waals surface area contributed by atoms with Crippen LogP contribution in [0.25, 0.3) is 0 Å². The Hall–Kier alpha value is -0.790. The fourth-order valence-electron chi connectivity index (χ4n) is 0.789. The molecular weight excluding hydrogens is 136 g/mol. The van der Waals surface area contributed by atoms with Crippen molar-refractivity contribution in [2.24, 2.45) is 0 Å². The summed E-state index contributed by atoms with van der Waals surface area (Å²) in [7, 11) is 0. The molecular formula is C9H18N2. The van der Waals surface area contributed by atoms with E-state index < -0.39 is 0 Å². The summed E-state index contributed by atoms with van der Waals surface area (Å²) < 4.78 is 0. The molecule has 0 bridgehead atoms. The van der Waals surface area contributed by atoms with Gasteiger partial charge in [-0.25, -0.2) is 4.98 Å². The first-order valence-corrected chi connectivity index (χ1v) is 4.40. The first-order chi connectivity index (χ1) is 5.43. The van der Waals surface area contributed by atoms with Gasteiger partial charge in [0.05, 0.1) is 6.33 Å². The normalized spacial score (nSPS) is 8.64. The number of H-pyrrole nitrogens is 1. The lowest BCUT2D eigenvalue weighted by molar-refractivity contribution is 0.781. The number of imidazole rings is 1. The number of rotatable bonds is 3. The van der Waals surface area contributed by atoms with Gasteiger partial charge in [0.15, 0.2) is 0 Å². The van der Waals surface area contributed by atoms with Gasteiger partial charge in [-0.05, 0) is 12.8 Å². The number of aromatic amines is 1. The maximum Gasteiger partial charge on any atom is 0.0921 e. The summed E-state index contributed by atoms with van der Waals surface area (Å²) in [5.74, 6) is 0. The molecule has 2 nitrogen and oxygen atoms in total. The molecule has 1 aromatic heterocycles. The van der Waals surface area contributed by atoms with E-state index in [1.54, 1.807) is 6.33 Å². The molecule has 0 unspecified atom stereocenters. The van der Waals surface area contributed by atoms with Crippen LogP contribution >= 0.6 is 0 Å². The highest BCUT2D eigenvalue weighted by Gasteiger charge is 1.89. The fourth-order valence-corrected chi connectivity index (χ4v) is 0.789. The van der Waals surface area contributed by atoms with Gasteiger partial charge in [-0.1, -0.05) is 27.2 Å². The van der Waals surface area contributed by atoms with Crippen molar-refractivity contribution >= 4 is 0 Å². The van der Waals surface area contributed by atoms with Gasteiger partial charge in [0.25, 0.3) is 0 Å². The molecule has 0 saturated carbocycles. The Morgan fingerprint density at radius 1 is 1.45 bits per heavy atom. The van der Waals surface area contributed by atoms with Crippen LogP contribution in [0, 0.1) is 0 Å². The van der Waals surface area contributed by atoms with E-state index in [1.165, 1.54) is 18.5 Å². The average molecular weight is 154 g/mol. The van der Waals surface area contributed by atoms with Crippen molar-refractivity contribution < 1.29 is 0 Å². The largest absolute Gasteiger partial charge is 0.348 e. The molecule has 1 aromatic rings. The summed E-state index contributed by atoms with van der Waals surface area (Å²) in [6.45, 7) is 6.19. The third-order valence-electron chi connectivity index (χ3n) is 1.35. The lowest BCUT2D eigenvalue weighted by Crippen LogP contribution is -1.82. The maximum atomic E-state index is 3.92. The number of aromatic nitrogens is 2. The predicted octanol–water partition coefficient (Wildman–Crippen LogP) is 2.78. The topological polar surface area (TPSA) is 28.7 Å². The molecule has 2 heteroatoms. The molecule has 0 saturated heterocycles. The van der Waals surface area contributed by atoms with E-state index in [0.717, 1.165) is 6.42 Å². The summed E-state index contributed by atoms with van der Waals surface area (Å²) >= 11 is 0. The van der Waals surface area contributed by atoms with Gasteiger partial charge in [-0.3, -0.25) is 0 Å². The molecule has 0 aliphatic heterocycles. The molecule has 0 aliphatic carbocycles. The number of nitrogens with one attached hydrogen (secondary N) is 1. The van der Waals surface area contributed by atoms with Crippen LogP contribution in [0.3, 0.4) is 0 Å². The van der Waals surface area contributed by atoms with Gasteiger partial charge in [0.2, 0.25) is 0 Å². The number of hydrogen-bond acceptors (Lipinski definition) is 1. The molecule has 1 rings (SSSR count). The van der Waals surface area contributed by atoms with Crippen LogP contribution in [0.1, 0.15) is 39.3 Å². The van der Waals surface area contributed by atoms with Gasteiger partial charge in [-0.2, -0.15) is 0 Å². The third kappa shape index (κ3) is 4.59. The van der Waals surface area contributed by atoms with E-state index in [1.807, 2.05) is 20.0 Å². The molecule has 0 atom stereocenters. The summed E-state index contributed by atoms with van der Waals surface area (Å²) in [5, 5.41) is 0. The minimum Gasteiger partial charge on any atom is -0.348 e. The van der Waals surface area contributed by atoms with Crippen LogP contribution < -0.4 is 0 Å². The highest BCUT2D eigenvalue weighted by molar-refractivity contribution is 4.93. The van der Waals surface area contributed by atoms with E-state index in [9.17, 15) is 0 Å². The SMILES string of the molecule is CC.CCCCc1cnc[nH]1. The van der Waals surface area contributed by atoms with E-state index in [0.29, 0.717) is 0 Å². The van der Waals surface area contributed by atoms with Gasteiger partial charge in [0, 0.05) is 11.9 Å². The minimum atomic E-state index is 1.14. The second-order valence-corrected chi connectivity index (χ2v) is 2.18. The summed E-state index contributed by atoms with van der Waals surface area (Å²) in [6, 6.07) is 0. The number of hydrogen-bond donors (Lipinski definition) is 1. The number of unbranched alkanes of at least 4 members (excludes halogenated alkanes) is 1. The lowest BCUT2D eigenvalue weighted by atomic mass is 10.2. The van der Waals surface area contributed by atoms with Crippen molar-refractivity contribution in [2.75, 3.05) is 0 Å². The van der Waals surface area contributed by atoms with Crippen molar-refractivity contribution in [3.05, 3.63) is 18.2 Å².